The summed E-state index contributed by atoms with van der Waals surface area (Å²) in [5.74, 6) is 0.950. The Morgan fingerprint density at radius 3 is 2.70 bits per heavy atom. The quantitative estimate of drug-likeness (QED) is 0.804. The van der Waals surface area contributed by atoms with E-state index in [-0.39, 0.29) is 6.04 Å². The van der Waals surface area contributed by atoms with Gasteiger partial charge in [-0.15, -0.1) is 0 Å². The maximum atomic E-state index is 11.2. The molecule has 1 unspecified atom stereocenters. The van der Waals surface area contributed by atoms with Crippen LogP contribution < -0.4 is 0 Å². The highest BCUT2D eigenvalue weighted by atomic mass is 16.1. The summed E-state index contributed by atoms with van der Waals surface area (Å²) in [5.41, 5.74) is 3.47. The summed E-state index contributed by atoms with van der Waals surface area (Å²) in [5, 5.41) is 0. The van der Waals surface area contributed by atoms with E-state index in [9.17, 15) is 4.79 Å². The van der Waals surface area contributed by atoms with Crippen LogP contribution in [0.5, 0.6) is 0 Å². The molecule has 3 heterocycles. The van der Waals surface area contributed by atoms with Crippen LogP contribution in [0.4, 0.5) is 0 Å². The summed E-state index contributed by atoms with van der Waals surface area (Å²) >= 11 is 0. The number of likely N-dealkylation sites (tertiary alicyclic amines) is 1. The largest absolute Gasteiger partial charge is 0.338 e. The Kier molecular flexibility index (Phi) is 3.30. The zero-order valence-electron chi connectivity index (χ0n) is 11.9. The Morgan fingerprint density at radius 1 is 1.25 bits per heavy atom. The molecule has 1 fully saturated rings. The van der Waals surface area contributed by atoms with Crippen molar-refractivity contribution < 1.29 is 4.79 Å². The number of amides is 1. The molecular formula is C16H19N3O. The fourth-order valence-electron chi connectivity index (χ4n) is 3.11. The summed E-state index contributed by atoms with van der Waals surface area (Å²) < 4.78 is 2.16. The Bertz CT molecular complexity index is 613. The third kappa shape index (κ3) is 2.01. The maximum absolute atomic E-state index is 11.2. The van der Waals surface area contributed by atoms with Crippen LogP contribution >= 0.6 is 0 Å². The molecule has 20 heavy (non-hydrogen) atoms. The predicted molar refractivity (Wildman–Crippen MR) is 77.8 cm³/mol. The van der Waals surface area contributed by atoms with Crippen molar-refractivity contribution in [1.82, 2.24) is 14.5 Å². The van der Waals surface area contributed by atoms with Gasteiger partial charge in [0.1, 0.15) is 5.82 Å². The van der Waals surface area contributed by atoms with Gasteiger partial charge in [-0.2, -0.15) is 0 Å². The van der Waals surface area contributed by atoms with Crippen LogP contribution in [-0.4, -0.2) is 27.4 Å². The normalized spacial score (nSPS) is 18.5. The first-order valence-corrected chi connectivity index (χ1v) is 7.03. The number of carbonyl (C=O) groups excluding carboxylic acids is 1. The van der Waals surface area contributed by atoms with Crippen molar-refractivity contribution in [3.63, 3.8) is 0 Å². The van der Waals surface area contributed by atoms with Gasteiger partial charge in [-0.1, -0.05) is 6.07 Å². The fraction of sp³-hybridized carbons (Fsp3) is 0.375. The summed E-state index contributed by atoms with van der Waals surface area (Å²) in [6.45, 7) is 5.00. The van der Waals surface area contributed by atoms with E-state index in [0.717, 1.165) is 48.6 Å². The van der Waals surface area contributed by atoms with E-state index < -0.39 is 0 Å². The van der Waals surface area contributed by atoms with Crippen LogP contribution in [0.3, 0.4) is 0 Å². The van der Waals surface area contributed by atoms with E-state index in [2.05, 4.69) is 41.6 Å². The number of carbonyl (C=O) groups is 1. The van der Waals surface area contributed by atoms with Crippen molar-refractivity contribution in [2.24, 2.45) is 0 Å². The molecule has 2 aromatic rings. The molecule has 0 spiro atoms. The number of rotatable bonds is 3. The van der Waals surface area contributed by atoms with E-state index in [4.69, 9.17) is 0 Å². The number of aromatic nitrogens is 2. The SMILES string of the molecule is Cc1ccc(C)n1-c1ncccc1C1CCCN1C=O. The lowest BCUT2D eigenvalue weighted by Crippen LogP contribution is -2.23. The van der Waals surface area contributed by atoms with Gasteiger partial charge in [-0.25, -0.2) is 4.98 Å². The number of aryl methyl sites for hydroxylation is 2. The fourth-order valence-corrected chi connectivity index (χ4v) is 3.11. The van der Waals surface area contributed by atoms with E-state index >= 15 is 0 Å². The smallest absolute Gasteiger partial charge is 0.210 e. The molecule has 0 N–H and O–H groups in total. The van der Waals surface area contributed by atoms with Crippen LogP contribution in [-0.2, 0) is 4.79 Å². The number of pyridine rings is 1. The van der Waals surface area contributed by atoms with Gasteiger partial charge in [0, 0.05) is 29.7 Å². The van der Waals surface area contributed by atoms with Crippen molar-refractivity contribution in [1.29, 1.82) is 0 Å². The standard InChI is InChI=1S/C16H19N3O/c1-12-7-8-13(2)19(12)16-14(5-3-9-17-16)15-6-4-10-18(15)11-20/h3,5,7-9,11,15H,4,6,10H2,1-2H3. The van der Waals surface area contributed by atoms with Gasteiger partial charge in [-0.05, 0) is 44.9 Å². The Morgan fingerprint density at radius 2 is 2.00 bits per heavy atom. The summed E-state index contributed by atoms with van der Waals surface area (Å²) in [7, 11) is 0. The van der Waals surface area contributed by atoms with E-state index in [1.54, 1.807) is 0 Å². The first-order valence-electron chi connectivity index (χ1n) is 7.03. The van der Waals surface area contributed by atoms with Gasteiger partial charge >= 0.3 is 0 Å². The molecule has 1 amide bonds. The molecule has 1 saturated heterocycles. The first kappa shape index (κ1) is 12.9. The molecule has 0 aromatic carbocycles. The Balaban J connectivity index is 2.12. The predicted octanol–water partition coefficient (Wildman–Crippen LogP) is 2.78. The van der Waals surface area contributed by atoms with Crippen LogP contribution in [0.2, 0.25) is 0 Å². The second-order valence-electron chi connectivity index (χ2n) is 5.37. The zero-order chi connectivity index (χ0) is 14.1. The van der Waals surface area contributed by atoms with E-state index in [0.29, 0.717) is 0 Å². The molecule has 0 aliphatic carbocycles. The monoisotopic (exact) mass is 269 g/mol. The van der Waals surface area contributed by atoms with Crippen LogP contribution in [0.15, 0.2) is 30.5 Å². The van der Waals surface area contributed by atoms with Crippen LogP contribution in [0, 0.1) is 13.8 Å². The lowest BCUT2D eigenvalue weighted by Gasteiger charge is -2.23. The molecule has 1 aliphatic rings. The summed E-state index contributed by atoms with van der Waals surface area (Å²) in [6, 6.07) is 8.39. The molecule has 2 aromatic heterocycles. The molecule has 0 saturated carbocycles. The van der Waals surface area contributed by atoms with Gasteiger partial charge in [0.05, 0.1) is 6.04 Å². The third-order valence-corrected chi connectivity index (χ3v) is 4.09. The van der Waals surface area contributed by atoms with E-state index in [1.165, 1.54) is 0 Å². The van der Waals surface area contributed by atoms with Crippen LogP contribution in [0.25, 0.3) is 5.82 Å². The summed E-state index contributed by atoms with van der Waals surface area (Å²) in [4.78, 5) is 17.7. The van der Waals surface area contributed by atoms with Gasteiger partial charge in [-0.3, -0.25) is 4.79 Å². The van der Waals surface area contributed by atoms with Crippen molar-refractivity contribution in [3.05, 3.63) is 47.4 Å². The molecule has 0 bridgehead atoms. The third-order valence-electron chi connectivity index (χ3n) is 4.09. The molecular weight excluding hydrogens is 250 g/mol. The van der Waals surface area contributed by atoms with E-state index in [1.807, 2.05) is 17.2 Å². The minimum Gasteiger partial charge on any atom is -0.338 e. The van der Waals surface area contributed by atoms with Gasteiger partial charge in [0.15, 0.2) is 0 Å². The second-order valence-corrected chi connectivity index (χ2v) is 5.37. The molecule has 104 valence electrons. The highest BCUT2D eigenvalue weighted by Crippen LogP contribution is 2.34. The lowest BCUT2D eigenvalue weighted by molar-refractivity contribution is -0.118. The highest BCUT2D eigenvalue weighted by Gasteiger charge is 2.27. The summed E-state index contributed by atoms with van der Waals surface area (Å²) in [6.07, 6.45) is 4.85. The molecule has 4 heteroatoms. The van der Waals surface area contributed by atoms with Gasteiger partial charge in [0.25, 0.3) is 0 Å². The molecule has 1 aliphatic heterocycles. The van der Waals surface area contributed by atoms with Crippen molar-refractivity contribution in [2.45, 2.75) is 32.7 Å². The van der Waals surface area contributed by atoms with Crippen molar-refractivity contribution >= 4 is 6.41 Å². The van der Waals surface area contributed by atoms with Gasteiger partial charge in [0.2, 0.25) is 6.41 Å². The van der Waals surface area contributed by atoms with Gasteiger partial charge < -0.3 is 9.47 Å². The average molecular weight is 269 g/mol. The first-order chi connectivity index (χ1) is 9.72. The Labute approximate surface area is 119 Å². The number of nitrogens with zero attached hydrogens (tertiary/aromatic N) is 3. The Hall–Kier alpha value is -2.10. The van der Waals surface area contributed by atoms with Crippen molar-refractivity contribution in [3.8, 4) is 5.82 Å². The molecule has 1 atom stereocenters. The number of hydrogen-bond acceptors (Lipinski definition) is 2. The molecule has 4 nitrogen and oxygen atoms in total. The maximum Gasteiger partial charge on any atom is 0.210 e. The minimum atomic E-state index is 0.150. The van der Waals surface area contributed by atoms with Crippen LogP contribution in [0.1, 0.15) is 35.8 Å². The minimum absolute atomic E-state index is 0.150. The zero-order valence-corrected chi connectivity index (χ0v) is 11.9. The topological polar surface area (TPSA) is 38.1 Å². The second kappa shape index (κ2) is 5.12. The average Bonchev–Trinajstić information content (AvgIpc) is 3.06. The molecule has 0 radical (unpaired) electrons. The lowest BCUT2D eigenvalue weighted by atomic mass is 10.1. The highest BCUT2D eigenvalue weighted by molar-refractivity contribution is 5.51. The molecule has 3 rings (SSSR count). The number of hydrogen-bond donors (Lipinski definition) is 0. The van der Waals surface area contributed by atoms with Crippen molar-refractivity contribution in [2.75, 3.05) is 6.54 Å².